The first-order valence-electron chi connectivity index (χ1n) is 9.01. The van der Waals surface area contributed by atoms with E-state index in [0.717, 1.165) is 0 Å². The second-order valence-corrected chi connectivity index (χ2v) is 7.03. The number of piperazine rings is 1. The number of rotatable bonds is 6. The minimum absolute atomic E-state index is 0.482. The van der Waals surface area contributed by atoms with Crippen LogP contribution in [0.3, 0.4) is 0 Å². The molecule has 0 bridgehead atoms. The van der Waals surface area contributed by atoms with E-state index in [4.69, 9.17) is 0 Å². The molecule has 2 nitrogen and oxygen atoms in total. The molecule has 1 heterocycles. The zero-order chi connectivity index (χ0) is 15.1. The predicted octanol–water partition coefficient (Wildman–Crippen LogP) is 4.59. The van der Waals surface area contributed by atoms with Crippen LogP contribution in [0.15, 0.2) is 24.4 Å². The first kappa shape index (κ1) is 16.6. The number of hydrogen-bond donors (Lipinski definition) is 0. The monoisotopic (exact) mass is 290 g/mol. The average molecular weight is 290 g/mol. The van der Waals surface area contributed by atoms with Gasteiger partial charge in [0.1, 0.15) is 0 Å². The van der Waals surface area contributed by atoms with Crippen molar-refractivity contribution in [2.24, 2.45) is 0 Å². The molecular weight excluding hydrogens is 256 g/mol. The first-order valence-corrected chi connectivity index (χ1v) is 9.01. The number of hydrogen-bond acceptors (Lipinski definition) is 2. The maximum Gasteiger partial charge on any atom is 0.0303 e. The van der Waals surface area contributed by atoms with Crippen LogP contribution in [0.25, 0.3) is 0 Å². The molecule has 0 atom stereocenters. The number of unbranched alkanes of at least 4 members (excludes halogenated alkanes) is 1. The van der Waals surface area contributed by atoms with Crippen LogP contribution in [-0.4, -0.2) is 41.5 Å². The molecule has 0 unspecified atom stereocenters. The van der Waals surface area contributed by atoms with E-state index in [0.29, 0.717) is 5.54 Å². The normalized spacial score (nSPS) is 24.1. The van der Waals surface area contributed by atoms with Gasteiger partial charge in [-0.15, -0.1) is 0 Å². The predicted molar refractivity (Wildman–Crippen MR) is 92.4 cm³/mol. The minimum atomic E-state index is 0.482. The Morgan fingerprint density at radius 3 is 2.33 bits per heavy atom. The van der Waals surface area contributed by atoms with Crippen LogP contribution in [0.5, 0.6) is 0 Å². The van der Waals surface area contributed by atoms with Gasteiger partial charge in [-0.1, -0.05) is 45.3 Å². The minimum Gasteiger partial charge on any atom is -0.372 e. The Labute approximate surface area is 131 Å². The van der Waals surface area contributed by atoms with Crippen molar-refractivity contribution in [2.45, 2.75) is 70.8 Å². The van der Waals surface area contributed by atoms with Gasteiger partial charge in [-0.2, -0.15) is 0 Å². The van der Waals surface area contributed by atoms with Gasteiger partial charge < -0.3 is 4.90 Å². The van der Waals surface area contributed by atoms with Crippen LogP contribution in [0.4, 0.5) is 0 Å². The Morgan fingerprint density at radius 1 is 1.10 bits per heavy atom. The molecule has 2 aliphatic rings. The zero-order valence-corrected chi connectivity index (χ0v) is 14.2. The Bertz CT molecular complexity index is 345. The second kappa shape index (κ2) is 8.03. The molecule has 0 aromatic carbocycles. The van der Waals surface area contributed by atoms with Crippen molar-refractivity contribution in [3.8, 4) is 0 Å². The smallest absolute Gasteiger partial charge is 0.0303 e. The fourth-order valence-electron chi connectivity index (χ4n) is 4.00. The molecule has 0 amide bonds. The summed E-state index contributed by atoms with van der Waals surface area (Å²) in [6.45, 7) is 13.5. The van der Waals surface area contributed by atoms with Crippen LogP contribution >= 0.6 is 0 Å². The molecule has 0 aromatic heterocycles. The average Bonchev–Trinajstić information content (AvgIpc) is 2.52. The maximum absolute atomic E-state index is 3.89. The van der Waals surface area contributed by atoms with Gasteiger partial charge in [0.25, 0.3) is 0 Å². The summed E-state index contributed by atoms with van der Waals surface area (Å²) in [6.07, 6.45) is 15.1. The van der Waals surface area contributed by atoms with E-state index in [1.807, 2.05) is 6.08 Å². The molecule has 2 rings (SSSR count). The molecule has 1 saturated carbocycles. The lowest BCUT2D eigenvalue weighted by Crippen LogP contribution is -2.56. The molecule has 0 aromatic rings. The highest BCUT2D eigenvalue weighted by atomic mass is 15.3. The molecule has 0 spiro atoms. The fraction of sp³-hybridized carbons (Fsp3) is 0.789. The van der Waals surface area contributed by atoms with Crippen molar-refractivity contribution in [2.75, 3.05) is 26.2 Å². The van der Waals surface area contributed by atoms with Crippen molar-refractivity contribution in [1.29, 1.82) is 0 Å². The molecule has 0 radical (unpaired) electrons. The number of allylic oxidation sites excluding steroid dienone is 3. The molecule has 1 aliphatic heterocycles. The summed E-state index contributed by atoms with van der Waals surface area (Å²) in [7, 11) is 0. The van der Waals surface area contributed by atoms with Crippen LogP contribution in [0, 0.1) is 0 Å². The second-order valence-electron chi connectivity index (χ2n) is 7.03. The Hall–Kier alpha value is -0.760. The Morgan fingerprint density at radius 2 is 1.76 bits per heavy atom. The van der Waals surface area contributed by atoms with Crippen LogP contribution < -0.4 is 0 Å². The number of nitrogens with zero attached hydrogens (tertiary/aromatic N) is 2. The molecule has 120 valence electrons. The van der Waals surface area contributed by atoms with Crippen molar-refractivity contribution < 1.29 is 0 Å². The van der Waals surface area contributed by atoms with E-state index >= 15 is 0 Å². The molecule has 21 heavy (non-hydrogen) atoms. The fourth-order valence-corrected chi connectivity index (χ4v) is 4.00. The van der Waals surface area contributed by atoms with E-state index in [1.165, 1.54) is 83.2 Å². The van der Waals surface area contributed by atoms with E-state index in [-0.39, 0.29) is 0 Å². The molecule has 0 N–H and O–H groups in total. The highest BCUT2D eigenvalue weighted by Crippen LogP contribution is 2.34. The van der Waals surface area contributed by atoms with Gasteiger partial charge in [0.05, 0.1) is 0 Å². The van der Waals surface area contributed by atoms with Crippen molar-refractivity contribution >= 4 is 0 Å². The third kappa shape index (κ3) is 4.35. The van der Waals surface area contributed by atoms with E-state index in [2.05, 4.69) is 36.3 Å². The van der Waals surface area contributed by atoms with Gasteiger partial charge in [0.2, 0.25) is 0 Å². The summed E-state index contributed by atoms with van der Waals surface area (Å²) >= 11 is 0. The van der Waals surface area contributed by atoms with E-state index in [1.54, 1.807) is 0 Å². The van der Waals surface area contributed by atoms with Gasteiger partial charge in [-0.3, -0.25) is 4.90 Å². The summed E-state index contributed by atoms with van der Waals surface area (Å²) in [5.74, 6) is 0. The topological polar surface area (TPSA) is 6.48 Å². The van der Waals surface area contributed by atoms with Gasteiger partial charge in [-0.25, -0.2) is 0 Å². The van der Waals surface area contributed by atoms with E-state index < -0.39 is 0 Å². The van der Waals surface area contributed by atoms with E-state index in [9.17, 15) is 0 Å². The Balaban J connectivity index is 1.89. The van der Waals surface area contributed by atoms with Gasteiger partial charge in [-0.05, 0) is 38.7 Å². The SMILES string of the molecule is C=C/C=C(\CCCC)N1CCN(C2(C)CCCCC2)CC1. The summed E-state index contributed by atoms with van der Waals surface area (Å²) < 4.78 is 0. The molecule has 2 heteroatoms. The van der Waals surface area contributed by atoms with Crippen molar-refractivity contribution in [1.82, 2.24) is 9.80 Å². The standard InChI is InChI=1S/C19H34N2/c1-4-6-11-18(10-5-2)20-14-16-21(17-15-20)19(3)12-8-7-9-13-19/h5,10H,2,4,6-9,11-17H2,1,3H3/b18-10+. The summed E-state index contributed by atoms with van der Waals surface area (Å²) in [5.41, 5.74) is 1.98. The van der Waals surface area contributed by atoms with Gasteiger partial charge in [0.15, 0.2) is 0 Å². The zero-order valence-electron chi connectivity index (χ0n) is 14.2. The van der Waals surface area contributed by atoms with Crippen LogP contribution in [0.1, 0.15) is 65.2 Å². The summed E-state index contributed by atoms with van der Waals surface area (Å²) in [4.78, 5) is 5.37. The first-order chi connectivity index (χ1) is 10.2. The maximum atomic E-state index is 3.89. The van der Waals surface area contributed by atoms with Crippen LogP contribution in [-0.2, 0) is 0 Å². The molecular formula is C19H34N2. The van der Waals surface area contributed by atoms with Crippen LogP contribution in [0.2, 0.25) is 0 Å². The molecule has 1 saturated heterocycles. The quantitative estimate of drug-likeness (QED) is 0.660. The van der Waals surface area contributed by atoms with Crippen molar-refractivity contribution in [3.63, 3.8) is 0 Å². The third-order valence-corrected chi connectivity index (χ3v) is 5.48. The third-order valence-electron chi connectivity index (χ3n) is 5.48. The molecule has 2 fully saturated rings. The molecule has 1 aliphatic carbocycles. The highest BCUT2D eigenvalue weighted by molar-refractivity contribution is 5.11. The van der Waals surface area contributed by atoms with Crippen molar-refractivity contribution in [3.05, 3.63) is 24.4 Å². The summed E-state index contributed by atoms with van der Waals surface area (Å²) in [5, 5.41) is 0. The lowest BCUT2D eigenvalue weighted by Gasteiger charge is -2.48. The van der Waals surface area contributed by atoms with Gasteiger partial charge >= 0.3 is 0 Å². The Kier molecular flexibility index (Phi) is 6.35. The summed E-state index contributed by atoms with van der Waals surface area (Å²) in [6, 6.07) is 0. The highest BCUT2D eigenvalue weighted by Gasteiger charge is 2.35. The lowest BCUT2D eigenvalue weighted by molar-refractivity contribution is 0.0271. The van der Waals surface area contributed by atoms with Gasteiger partial charge in [0, 0.05) is 37.4 Å². The lowest BCUT2D eigenvalue weighted by atomic mass is 9.81. The largest absolute Gasteiger partial charge is 0.372 e.